The van der Waals surface area contributed by atoms with Crippen LogP contribution < -0.4 is 9.64 Å². The van der Waals surface area contributed by atoms with E-state index in [2.05, 4.69) is 24.8 Å². The summed E-state index contributed by atoms with van der Waals surface area (Å²) in [5.74, 6) is 0.622. The smallest absolute Gasteiger partial charge is 0.228 e. The van der Waals surface area contributed by atoms with Crippen molar-refractivity contribution in [2.45, 2.75) is 25.0 Å². The number of hydrogen-bond acceptors (Lipinski definition) is 4. The Balaban J connectivity index is 1.75. The van der Waals surface area contributed by atoms with Crippen LogP contribution in [-0.4, -0.2) is 19.0 Å². The van der Waals surface area contributed by atoms with Gasteiger partial charge in [0, 0.05) is 34.6 Å². The third-order valence-corrected chi connectivity index (χ3v) is 6.36. The summed E-state index contributed by atoms with van der Waals surface area (Å²) in [6, 6.07) is 17.8. The summed E-state index contributed by atoms with van der Waals surface area (Å²) in [7, 11) is 2.00. The van der Waals surface area contributed by atoms with Gasteiger partial charge in [-0.2, -0.15) is 5.26 Å². The zero-order valence-corrected chi connectivity index (χ0v) is 16.6. The van der Waals surface area contributed by atoms with E-state index in [0.29, 0.717) is 16.3 Å². The monoisotopic (exact) mass is 387 g/mol. The molecular weight excluding hydrogens is 370 g/mol. The number of anilines is 1. The Morgan fingerprint density at radius 2 is 1.86 bits per heavy atom. The molecule has 0 N–H and O–H groups in total. The second-order valence-electron chi connectivity index (χ2n) is 7.83. The van der Waals surface area contributed by atoms with Crippen molar-refractivity contribution in [1.82, 2.24) is 0 Å². The molecule has 0 aliphatic carbocycles. The first-order valence-electron chi connectivity index (χ1n) is 9.13. The van der Waals surface area contributed by atoms with Gasteiger partial charge in [-0.15, -0.1) is 0 Å². The van der Waals surface area contributed by atoms with Crippen molar-refractivity contribution >= 4 is 40.0 Å². The SMILES string of the molecule is CN1c2ccc(Cl)cc2C(C)(C)C12C=Nc1c(cc(C#N)c3ccccc13)O2. The molecule has 1 atom stereocenters. The molecule has 138 valence electrons. The maximum atomic E-state index is 9.65. The molecule has 0 radical (unpaired) electrons. The third-order valence-electron chi connectivity index (χ3n) is 6.12. The van der Waals surface area contributed by atoms with Gasteiger partial charge < -0.3 is 9.64 Å². The lowest BCUT2D eigenvalue weighted by Crippen LogP contribution is -2.61. The molecule has 5 rings (SSSR count). The Kier molecular flexibility index (Phi) is 3.36. The van der Waals surface area contributed by atoms with E-state index in [1.165, 1.54) is 0 Å². The number of ether oxygens (including phenoxy) is 1. The number of likely N-dealkylation sites (N-methyl/N-ethyl adjacent to an activating group) is 1. The lowest BCUT2D eigenvalue weighted by molar-refractivity contribution is 0.0826. The number of nitriles is 1. The number of fused-ring (bicyclic) bond motifs is 4. The molecule has 4 nitrogen and oxygen atoms in total. The molecule has 3 aromatic rings. The van der Waals surface area contributed by atoms with Gasteiger partial charge in [-0.05, 0) is 37.6 Å². The molecule has 0 saturated heterocycles. The quantitative estimate of drug-likeness (QED) is 0.505. The molecule has 5 heteroatoms. The fraction of sp³-hybridized carbons (Fsp3) is 0.217. The van der Waals surface area contributed by atoms with Crippen molar-refractivity contribution in [3.63, 3.8) is 0 Å². The van der Waals surface area contributed by atoms with Crippen LogP contribution in [0.5, 0.6) is 5.75 Å². The fourth-order valence-electron chi connectivity index (χ4n) is 4.52. The average Bonchev–Trinajstić information content (AvgIpc) is 2.85. The first-order chi connectivity index (χ1) is 13.4. The van der Waals surface area contributed by atoms with Gasteiger partial charge in [-0.3, -0.25) is 4.99 Å². The van der Waals surface area contributed by atoms with Crippen LogP contribution in [0.4, 0.5) is 11.4 Å². The van der Waals surface area contributed by atoms with E-state index in [0.717, 1.165) is 27.7 Å². The van der Waals surface area contributed by atoms with Crippen molar-refractivity contribution in [3.05, 3.63) is 64.7 Å². The van der Waals surface area contributed by atoms with Gasteiger partial charge in [0.15, 0.2) is 5.75 Å². The van der Waals surface area contributed by atoms with E-state index >= 15 is 0 Å². The van der Waals surface area contributed by atoms with Gasteiger partial charge in [0.1, 0.15) is 5.69 Å². The van der Waals surface area contributed by atoms with Gasteiger partial charge >= 0.3 is 0 Å². The van der Waals surface area contributed by atoms with Crippen LogP contribution in [0, 0.1) is 11.3 Å². The molecule has 0 fully saturated rings. The van der Waals surface area contributed by atoms with Crippen molar-refractivity contribution in [3.8, 4) is 11.8 Å². The van der Waals surface area contributed by atoms with Gasteiger partial charge in [0.25, 0.3) is 0 Å². The number of halogens is 1. The molecule has 0 saturated carbocycles. The van der Waals surface area contributed by atoms with Gasteiger partial charge in [0.05, 0.1) is 23.3 Å². The molecule has 1 unspecified atom stereocenters. The molecule has 28 heavy (non-hydrogen) atoms. The van der Waals surface area contributed by atoms with Crippen molar-refractivity contribution < 1.29 is 4.74 Å². The highest BCUT2D eigenvalue weighted by Gasteiger charge is 2.58. The molecule has 2 heterocycles. The minimum Gasteiger partial charge on any atom is -0.459 e. The standard InChI is InChI=1S/C23H18ClN3O/c1-22(2)18-11-15(24)8-9-19(18)27(3)23(22)13-26-21-17-7-5-4-6-16(17)14(12-25)10-20(21)28-23/h4-11,13H,1-3H3. The maximum absolute atomic E-state index is 9.65. The van der Waals surface area contributed by atoms with Crippen LogP contribution in [0.3, 0.4) is 0 Å². The van der Waals surface area contributed by atoms with Crippen LogP contribution in [0.15, 0.2) is 53.5 Å². The average molecular weight is 388 g/mol. The summed E-state index contributed by atoms with van der Waals surface area (Å²) >= 11 is 6.28. The Labute approximate surface area is 168 Å². The Morgan fingerprint density at radius 3 is 2.61 bits per heavy atom. The van der Waals surface area contributed by atoms with E-state index < -0.39 is 11.1 Å². The molecule has 2 aliphatic rings. The van der Waals surface area contributed by atoms with E-state index in [4.69, 9.17) is 21.3 Å². The van der Waals surface area contributed by atoms with Crippen LogP contribution in [0.25, 0.3) is 10.8 Å². The molecular formula is C23H18ClN3O. The van der Waals surface area contributed by atoms with Crippen molar-refractivity contribution in [1.29, 1.82) is 5.26 Å². The van der Waals surface area contributed by atoms with E-state index in [-0.39, 0.29) is 0 Å². The highest BCUT2D eigenvalue weighted by atomic mass is 35.5. The number of benzene rings is 3. The zero-order chi connectivity index (χ0) is 19.7. The normalized spacial score (nSPS) is 21.3. The van der Waals surface area contributed by atoms with Crippen LogP contribution in [0.1, 0.15) is 25.0 Å². The number of rotatable bonds is 0. The summed E-state index contributed by atoms with van der Waals surface area (Å²) in [6.07, 6.45) is 1.89. The lowest BCUT2D eigenvalue weighted by atomic mass is 9.77. The Morgan fingerprint density at radius 1 is 1.11 bits per heavy atom. The van der Waals surface area contributed by atoms with Crippen LogP contribution in [-0.2, 0) is 5.41 Å². The Bertz CT molecular complexity index is 1220. The zero-order valence-electron chi connectivity index (χ0n) is 15.8. The maximum Gasteiger partial charge on any atom is 0.228 e. The second kappa shape index (κ2) is 5.50. The number of hydrogen-bond donors (Lipinski definition) is 0. The number of nitrogens with zero attached hydrogens (tertiary/aromatic N) is 3. The predicted octanol–water partition coefficient (Wildman–Crippen LogP) is 5.58. The van der Waals surface area contributed by atoms with Gasteiger partial charge in [-0.1, -0.05) is 35.9 Å². The summed E-state index contributed by atoms with van der Waals surface area (Å²) in [5.41, 5.74) is 2.31. The topological polar surface area (TPSA) is 48.6 Å². The minimum absolute atomic E-state index is 0.401. The van der Waals surface area contributed by atoms with E-state index in [1.54, 1.807) is 6.07 Å². The largest absolute Gasteiger partial charge is 0.459 e. The summed E-state index contributed by atoms with van der Waals surface area (Å²) < 4.78 is 6.66. The molecule has 2 aliphatic heterocycles. The fourth-order valence-corrected chi connectivity index (χ4v) is 4.69. The van der Waals surface area contributed by atoms with E-state index in [9.17, 15) is 5.26 Å². The third kappa shape index (κ3) is 1.97. The Hall–Kier alpha value is -3.03. The highest BCUT2D eigenvalue weighted by molar-refractivity contribution is 6.30. The summed E-state index contributed by atoms with van der Waals surface area (Å²) in [5, 5.41) is 12.2. The van der Waals surface area contributed by atoms with E-state index in [1.807, 2.05) is 55.7 Å². The molecule has 0 aromatic heterocycles. The highest BCUT2D eigenvalue weighted by Crippen LogP contribution is 2.54. The minimum atomic E-state index is -0.803. The molecule has 3 aromatic carbocycles. The van der Waals surface area contributed by atoms with Crippen LogP contribution in [0.2, 0.25) is 5.02 Å². The molecule has 0 bridgehead atoms. The first-order valence-corrected chi connectivity index (χ1v) is 9.51. The van der Waals surface area contributed by atoms with Crippen molar-refractivity contribution in [2.75, 3.05) is 11.9 Å². The molecule has 1 spiro atoms. The predicted molar refractivity (Wildman–Crippen MR) is 113 cm³/mol. The van der Waals surface area contributed by atoms with Gasteiger partial charge in [0.2, 0.25) is 5.72 Å². The first kappa shape index (κ1) is 17.1. The van der Waals surface area contributed by atoms with Crippen LogP contribution >= 0.6 is 11.6 Å². The summed E-state index contributed by atoms with van der Waals surface area (Å²) in [6.45, 7) is 4.27. The summed E-state index contributed by atoms with van der Waals surface area (Å²) in [4.78, 5) is 6.95. The van der Waals surface area contributed by atoms with Gasteiger partial charge in [-0.25, -0.2) is 0 Å². The van der Waals surface area contributed by atoms with Crippen molar-refractivity contribution in [2.24, 2.45) is 4.99 Å². The number of aliphatic imine (C=N–C) groups is 1. The molecule has 0 amide bonds. The second-order valence-corrected chi connectivity index (χ2v) is 8.27. The lowest BCUT2D eigenvalue weighted by Gasteiger charge is -2.45.